The first-order chi connectivity index (χ1) is 19.4. The Bertz CT molecular complexity index is 1490. The standard InChI is InChI=1S/C29H33FN8OS/c1-18(2)37-11-13-38(14-12-37)27(39)20-8-10-25(31-16-20)35-28-32-17-22(30)26(36-28)19-7-9-23-24(15-19)40-29(34-23)33-21-5-3-4-6-21/h7-10,15-18,21H,3-6,11-14H2,1-2H3,(H,33,34)(H,31,32,35,36). The van der Waals surface area contributed by atoms with E-state index in [9.17, 15) is 9.18 Å². The van der Waals surface area contributed by atoms with Crippen molar-refractivity contribution >= 4 is 44.4 Å². The number of fused-ring (bicyclic) bond motifs is 1. The third-order valence-corrected chi connectivity index (χ3v) is 8.62. The summed E-state index contributed by atoms with van der Waals surface area (Å²) >= 11 is 1.57. The van der Waals surface area contributed by atoms with Gasteiger partial charge in [-0.25, -0.2) is 24.3 Å². The maximum atomic E-state index is 14.8. The molecule has 4 aromatic rings. The van der Waals surface area contributed by atoms with Gasteiger partial charge in [0.15, 0.2) is 10.9 Å². The van der Waals surface area contributed by atoms with Crippen LogP contribution in [0.2, 0.25) is 0 Å². The molecule has 1 amide bonds. The van der Waals surface area contributed by atoms with Gasteiger partial charge in [-0.3, -0.25) is 9.69 Å². The number of anilines is 3. The van der Waals surface area contributed by atoms with E-state index in [-0.39, 0.29) is 17.5 Å². The zero-order chi connectivity index (χ0) is 27.6. The molecule has 1 aliphatic heterocycles. The van der Waals surface area contributed by atoms with Crippen LogP contribution in [0.4, 0.5) is 21.3 Å². The number of benzene rings is 1. The van der Waals surface area contributed by atoms with Gasteiger partial charge < -0.3 is 15.5 Å². The minimum absolute atomic E-state index is 0.0252. The van der Waals surface area contributed by atoms with Crippen LogP contribution in [0, 0.1) is 5.82 Å². The number of carbonyl (C=O) groups excluding carboxylic acids is 1. The lowest BCUT2D eigenvalue weighted by Gasteiger charge is -2.36. The molecule has 11 heteroatoms. The van der Waals surface area contributed by atoms with Crippen molar-refractivity contribution in [1.82, 2.24) is 29.7 Å². The molecule has 0 atom stereocenters. The highest BCUT2D eigenvalue weighted by Gasteiger charge is 2.23. The van der Waals surface area contributed by atoms with Crippen molar-refractivity contribution in [3.05, 3.63) is 54.1 Å². The van der Waals surface area contributed by atoms with Crippen LogP contribution in [0.25, 0.3) is 21.5 Å². The molecule has 9 nitrogen and oxygen atoms in total. The smallest absolute Gasteiger partial charge is 0.255 e. The predicted octanol–water partition coefficient (Wildman–Crippen LogP) is 5.55. The van der Waals surface area contributed by atoms with Crippen LogP contribution in [0.1, 0.15) is 49.9 Å². The van der Waals surface area contributed by atoms with Gasteiger partial charge in [-0.1, -0.05) is 30.2 Å². The van der Waals surface area contributed by atoms with Crippen LogP contribution >= 0.6 is 11.3 Å². The molecule has 0 unspecified atom stereocenters. The number of amides is 1. The molecule has 2 N–H and O–H groups in total. The molecule has 2 aliphatic rings. The van der Waals surface area contributed by atoms with E-state index in [1.165, 1.54) is 25.7 Å². The SMILES string of the molecule is CC(C)N1CCN(C(=O)c2ccc(Nc3ncc(F)c(-c4ccc5nc(NC6CCCC6)sc5c4)n3)nc2)CC1. The Hall–Kier alpha value is -3.70. The Morgan fingerprint density at radius 3 is 2.55 bits per heavy atom. The quantitative estimate of drug-likeness (QED) is 0.304. The van der Waals surface area contributed by atoms with Crippen LogP contribution < -0.4 is 10.6 Å². The molecule has 1 saturated heterocycles. The Balaban J connectivity index is 1.14. The summed E-state index contributed by atoms with van der Waals surface area (Å²) in [4.78, 5) is 34.8. The summed E-state index contributed by atoms with van der Waals surface area (Å²) in [5, 5.41) is 7.47. The van der Waals surface area contributed by atoms with Crippen molar-refractivity contribution in [1.29, 1.82) is 0 Å². The first-order valence-electron chi connectivity index (χ1n) is 13.9. The number of hydrogen-bond donors (Lipinski definition) is 2. The molecule has 1 aliphatic carbocycles. The summed E-state index contributed by atoms with van der Waals surface area (Å²) in [6.45, 7) is 7.49. The first kappa shape index (κ1) is 26.5. The molecular formula is C29H33FN8OS. The van der Waals surface area contributed by atoms with E-state index in [4.69, 9.17) is 4.98 Å². The van der Waals surface area contributed by atoms with Crippen molar-refractivity contribution in [3.63, 3.8) is 0 Å². The van der Waals surface area contributed by atoms with Crippen LogP contribution in [-0.4, -0.2) is 73.9 Å². The molecular weight excluding hydrogens is 527 g/mol. The third kappa shape index (κ3) is 5.75. The maximum Gasteiger partial charge on any atom is 0.255 e. The summed E-state index contributed by atoms with van der Waals surface area (Å²) in [6, 6.07) is 10.1. The van der Waals surface area contributed by atoms with Gasteiger partial charge in [0.1, 0.15) is 11.5 Å². The fraction of sp³-hybridized carbons (Fsp3) is 0.414. The summed E-state index contributed by atoms with van der Waals surface area (Å²) in [7, 11) is 0. The molecule has 1 aromatic carbocycles. The fourth-order valence-electron chi connectivity index (χ4n) is 5.34. The molecule has 40 heavy (non-hydrogen) atoms. The van der Waals surface area contributed by atoms with Crippen molar-refractivity contribution in [2.24, 2.45) is 0 Å². The lowest BCUT2D eigenvalue weighted by Crippen LogP contribution is -2.50. The number of nitrogens with zero attached hydrogens (tertiary/aromatic N) is 6. The highest BCUT2D eigenvalue weighted by atomic mass is 32.1. The van der Waals surface area contributed by atoms with E-state index in [1.807, 2.05) is 23.1 Å². The second-order valence-corrected chi connectivity index (χ2v) is 11.7. The normalized spacial score (nSPS) is 16.6. The Labute approximate surface area is 236 Å². The van der Waals surface area contributed by atoms with Crippen LogP contribution in [0.3, 0.4) is 0 Å². The van der Waals surface area contributed by atoms with Gasteiger partial charge in [-0.2, -0.15) is 0 Å². The average molecular weight is 561 g/mol. The predicted molar refractivity (Wildman–Crippen MR) is 157 cm³/mol. The monoisotopic (exact) mass is 560 g/mol. The molecule has 3 aromatic heterocycles. The summed E-state index contributed by atoms with van der Waals surface area (Å²) in [6.07, 6.45) is 7.57. The van der Waals surface area contributed by atoms with E-state index >= 15 is 0 Å². The number of aromatic nitrogens is 4. The molecule has 0 bridgehead atoms. The van der Waals surface area contributed by atoms with Gasteiger partial charge in [0.25, 0.3) is 5.91 Å². The summed E-state index contributed by atoms with van der Waals surface area (Å²) in [5.41, 5.74) is 2.26. The average Bonchev–Trinajstić information content (AvgIpc) is 3.63. The Kier molecular flexibility index (Phi) is 7.57. The largest absolute Gasteiger partial charge is 0.359 e. The van der Waals surface area contributed by atoms with Gasteiger partial charge in [-0.15, -0.1) is 0 Å². The number of thiazole rings is 1. The number of carbonyl (C=O) groups is 1. The third-order valence-electron chi connectivity index (χ3n) is 7.67. The molecule has 208 valence electrons. The van der Waals surface area contributed by atoms with Crippen LogP contribution in [-0.2, 0) is 0 Å². The van der Waals surface area contributed by atoms with Gasteiger partial charge in [0.05, 0.1) is 22.0 Å². The molecule has 6 rings (SSSR count). The maximum absolute atomic E-state index is 14.8. The Morgan fingerprint density at radius 2 is 1.82 bits per heavy atom. The number of piperazine rings is 1. The van der Waals surface area contributed by atoms with E-state index in [1.54, 1.807) is 29.7 Å². The first-order valence-corrected chi connectivity index (χ1v) is 14.7. The van der Waals surface area contributed by atoms with Crippen molar-refractivity contribution in [2.45, 2.75) is 51.6 Å². The number of halogens is 1. The molecule has 4 heterocycles. The van der Waals surface area contributed by atoms with Crippen LogP contribution in [0.15, 0.2) is 42.7 Å². The van der Waals surface area contributed by atoms with Gasteiger partial charge in [0, 0.05) is 50.0 Å². The molecule has 0 spiro atoms. The molecule has 2 fully saturated rings. The van der Waals surface area contributed by atoms with Crippen LogP contribution in [0.5, 0.6) is 0 Å². The number of rotatable bonds is 7. The van der Waals surface area contributed by atoms with Gasteiger partial charge >= 0.3 is 0 Å². The number of hydrogen-bond acceptors (Lipinski definition) is 9. The van der Waals surface area contributed by atoms with Crippen molar-refractivity contribution in [3.8, 4) is 11.3 Å². The second-order valence-electron chi connectivity index (χ2n) is 10.7. The summed E-state index contributed by atoms with van der Waals surface area (Å²) < 4.78 is 15.8. The number of nitrogens with one attached hydrogen (secondary N) is 2. The fourth-order valence-corrected chi connectivity index (χ4v) is 6.32. The number of pyridine rings is 1. The van der Waals surface area contributed by atoms with E-state index in [0.717, 1.165) is 34.6 Å². The Morgan fingerprint density at radius 1 is 1.02 bits per heavy atom. The summed E-state index contributed by atoms with van der Waals surface area (Å²) in [5.74, 6) is 0.160. The zero-order valence-corrected chi connectivity index (χ0v) is 23.5. The van der Waals surface area contributed by atoms with Crippen molar-refractivity contribution in [2.75, 3.05) is 36.8 Å². The van der Waals surface area contributed by atoms with Crippen molar-refractivity contribution < 1.29 is 9.18 Å². The highest BCUT2D eigenvalue weighted by molar-refractivity contribution is 7.22. The minimum Gasteiger partial charge on any atom is -0.359 e. The molecule has 1 saturated carbocycles. The highest BCUT2D eigenvalue weighted by Crippen LogP contribution is 2.33. The van der Waals surface area contributed by atoms with Gasteiger partial charge in [0.2, 0.25) is 5.95 Å². The topological polar surface area (TPSA) is 99.2 Å². The lowest BCUT2D eigenvalue weighted by molar-refractivity contribution is 0.0595. The van der Waals surface area contributed by atoms with E-state index < -0.39 is 5.82 Å². The zero-order valence-electron chi connectivity index (χ0n) is 22.7. The lowest BCUT2D eigenvalue weighted by atomic mass is 10.1. The van der Waals surface area contributed by atoms with E-state index in [0.29, 0.717) is 42.1 Å². The minimum atomic E-state index is -0.509. The van der Waals surface area contributed by atoms with E-state index in [2.05, 4.69) is 44.3 Å². The second kappa shape index (κ2) is 11.4. The molecule has 0 radical (unpaired) electrons. The van der Waals surface area contributed by atoms with Gasteiger partial charge in [-0.05, 0) is 51.0 Å².